The molecule has 0 bridgehead atoms. The molecule has 1 aliphatic heterocycles. The quantitative estimate of drug-likeness (QED) is 0.711. The van der Waals surface area contributed by atoms with E-state index >= 15 is 0 Å². The lowest BCUT2D eigenvalue weighted by atomic mass is 9.99. The molecule has 0 radical (unpaired) electrons. The van der Waals surface area contributed by atoms with Crippen molar-refractivity contribution in [2.75, 3.05) is 19.6 Å². The molecule has 1 fully saturated rings. The Bertz CT molecular complexity index is 258. The minimum atomic E-state index is 0.0166. The van der Waals surface area contributed by atoms with E-state index in [0.717, 1.165) is 19.4 Å². The molecule has 0 aromatic carbocycles. The number of carbonyl (C=O) groups excluding carboxylic acids is 2. The smallest absolute Gasteiger partial charge is 0.226 e. The van der Waals surface area contributed by atoms with E-state index in [9.17, 15) is 9.59 Å². The van der Waals surface area contributed by atoms with Gasteiger partial charge in [0.2, 0.25) is 11.8 Å². The maximum absolute atomic E-state index is 11.6. The molecule has 16 heavy (non-hydrogen) atoms. The van der Waals surface area contributed by atoms with Crippen LogP contribution in [0.5, 0.6) is 0 Å². The van der Waals surface area contributed by atoms with E-state index < -0.39 is 0 Å². The molecule has 92 valence electrons. The Balaban J connectivity index is 2.07. The third kappa shape index (κ3) is 3.83. The predicted molar refractivity (Wildman–Crippen MR) is 62.8 cm³/mol. The van der Waals surface area contributed by atoms with E-state index in [-0.39, 0.29) is 17.7 Å². The fourth-order valence-electron chi connectivity index (χ4n) is 1.77. The number of nitrogens with zero attached hydrogens (tertiary/aromatic N) is 1. The summed E-state index contributed by atoms with van der Waals surface area (Å²) in [5.41, 5.74) is 0. The summed E-state index contributed by atoms with van der Waals surface area (Å²) in [4.78, 5) is 24.2. The average molecular weight is 226 g/mol. The normalized spacial score (nSPS) is 16.1. The lowest BCUT2D eigenvalue weighted by Crippen LogP contribution is -2.55. The van der Waals surface area contributed by atoms with E-state index in [1.54, 1.807) is 4.90 Å². The van der Waals surface area contributed by atoms with E-state index in [2.05, 4.69) is 19.2 Å². The SMILES string of the molecule is CC(=O)N1CC(C(=O)NCCCC(C)C)C1. The van der Waals surface area contributed by atoms with Gasteiger partial charge in [-0.2, -0.15) is 0 Å². The molecule has 0 aromatic heterocycles. The van der Waals surface area contributed by atoms with Gasteiger partial charge in [0.05, 0.1) is 5.92 Å². The molecule has 1 N–H and O–H groups in total. The Hall–Kier alpha value is -1.06. The van der Waals surface area contributed by atoms with Gasteiger partial charge in [-0.15, -0.1) is 0 Å². The Kier molecular flexibility index (Phi) is 4.77. The lowest BCUT2D eigenvalue weighted by Gasteiger charge is -2.37. The number of rotatable bonds is 5. The number of likely N-dealkylation sites (tertiary alicyclic amines) is 1. The summed E-state index contributed by atoms with van der Waals surface area (Å²) in [5.74, 6) is 0.863. The highest BCUT2D eigenvalue weighted by Gasteiger charge is 2.33. The predicted octanol–water partition coefficient (Wildman–Crippen LogP) is 1.02. The zero-order valence-electron chi connectivity index (χ0n) is 10.5. The summed E-state index contributed by atoms with van der Waals surface area (Å²) in [6.07, 6.45) is 2.18. The van der Waals surface area contributed by atoms with Crippen molar-refractivity contribution in [1.29, 1.82) is 0 Å². The third-order valence-corrected chi connectivity index (χ3v) is 2.96. The molecule has 1 heterocycles. The van der Waals surface area contributed by atoms with Crippen LogP contribution in [0.15, 0.2) is 0 Å². The summed E-state index contributed by atoms with van der Waals surface area (Å²) in [6, 6.07) is 0. The van der Waals surface area contributed by atoms with Crippen molar-refractivity contribution in [3.05, 3.63) is 0 Å². The molecule has 0 spiro atoms. The number of hydrogen-bond donors (Lipinski definition) is 1. The first-order chi connectivity index (χ1) is 7.50. The van der Waals surface area contributed by atoms with Crippen LogP contribution in [0, 0.1) is 11.8 Å². The number of nitrogens with one attached hydrogen (secondary N) is 1. The van der Waals surface area contributed by atoms with Crippen LogP contribution in [-0.2, 0) is 9.59 Å². The van der Waals surface area contributed by atoms with Gasteiger partial charge in [0, 0.05) is 26.6 Å². The van der Waals surface area contributed by atoms with Crippen molar-refractivity contribution in [1.82, 2.24) is 10.2 Å². The van der Waals surface area contributed by atoms with E-state index in [1.165, 1.54) is 6.92 Å². The summed E-state index contributed by atoms with van der Waals surface area (Å²) in [6.45, 7) is 7.83. The molecule has 0 saturated carbocycles. The van der Waals surface area contributed by atoms with Crippen molar-refractivity contribution in [3.8, 4) is 0 Å². The highest BCUT2D eigenvalue weighted by molar-refractivity contribution is 5.83. The molecule has 4 heteroatoms. The molecule has 0 unspecified atom stereocenters. The topological polar surface area (TPSA) is 49.4 Å². The number of carbonyl (C=O) groups is 2. The van der Waals surface area contributed by atoms with Gasteiger partial charge in [-0.25, -0.2) is 0 Å². The Morgan fingerprint density at radius 2 is 2.00 bits per heavy atom. The fourth-order valence-corrected chi connectivity index (χ4v) is 1.77. The van der Waals surface area contributed by atoms with Gasteiger partial charge < -0.3 is 10.2 Å². The van der Waals surface area contributed by atoms with Gasteiger partial charge in [-0.1, -0.05) is 13.8 Å². The first kappa shape index (κ1) is 13.0. The van der Waals surface area contributed by atoms with Crippen LogP contribution in [0.3, 0.4) is 0 Å². The van der Waals surface area contributed by atoms with E-state index in [0.29, 0.717) is 19.0 Å². The van der Waals surface area contributed by atoms with Crippen molar-refractivity contribution in [3.63, 3.8) is 0 Å². The molecule has 4 nitrogen and oxygen atoms in total. The lowest BCUT2D eigenvalue weighted by molar-refractivity contribution is -0.141. The Morgan fingerprint density at radius 3 is 2.50 bits per heavy atom. The molecule has 0 aromatic rings. The van der Waals surface area contributed by atoms with Crippen LogP contribution in [0.1, 0.15) is 33.6 Å². The van der Waals surface area contributed by atoms with Crippen molar-refractivity contribution in [2.24, 2.45) is 11.8 Å². The number of amides is 2. The first-order valence-electron chi connectivity index (χ1n) is 6.04. The second kappa shape index (κ2) is 5.87. The van der Waals surface area contributed by atoms with Crippen LogP contribution in [0.2, 0.25) is 0 Å². The van der Waals surface area contributed by atoms with E-state index in [4.69, 9.17) is 0 Å². The van der Waals surface area contributed by atoms with Crippen LogP contribution >= 0.6 is 0 Å². The van der Waals surface area contributed by atoms with E-state index in [1.807, 2.05) is 0 Å². The fraction of sp³-hybridized carbons (Fsp3) is 0.833. The van der Waals surface area contributed by atoms with Gasteiger partial charge in [-0.05, 0) is 18.8 Å². The molecule has 2 amide bonds. The first-order valence-corrected chi connectivity index (χ1v) is 6.04. The average Bonchev–Trinajstić information content (AvgIpc) is 2.08. The minimum absolute atomic E-state index is 0.0166. The zero-order valence-corrected chi connectivity index (χ0v) is 10.5. The van der Waals surface area contributed by atoms with Crippen LogP contribution < -0.4 is 5.32 Å². The Morgan fingerprint density at radius 1 is 1.38 bits per heavy atom. The molecule has 0 atom stereocenters. The third-order valence-electron chi connectivity index (χ3n) is 2.96. The van der Waals surface area contributed by atoms with Gasteiger partial charge in [-0.3, -0.25) is 9.59 Å². The largest absolute Gasteiger partial charge is 0.356 e. The highest BCUT2D eigenvalue weighted by Crippen LogP contribution is 2.15. The summed E-state index contributed by atoms with van der Waals surface area (Å²) in [7, 11) is 0. The second-order valence-electron chi connectivity index (χ2n) is 4.95. The van der Waals surface area contributed by atoms with Crippen LogP contribution in [-0.4, -0.2) is 36.3 Å². The molecule has 1 saturated heterocycles. The van der Waals surface area contributed by atoms with Gasteiger partial charge in [0.25, 0.3) is 0 Å². The molecule has 1 rings (SSSR count). The number of hydrogen-bond acceptors (Lipinski definition) is 2. The second-order valence-corrected chi connectivity index (χ2v) is 4.95. The molecule has 0 aliphatic carbocycles. The van der Waals surface area contributed by atoms with Crippen LogP contribution in [0.25, 0.3) is 0 Å². The van der Waals surface area contributed by atoms with Crippen molar-refractivity contribution >= 4 is 11.8 Å². The van der Waals surface area contributed by atoms with Crippen molar-refractivity contribution in [2.45, 2.75) is 33.6 Å². The van der Waals surface area contributed by atoms with Gasteiger partial charge >= 0.3 is 0 Å². The molecule has 1 aliphatic rings. The van der Waals surface area contributed by atoms with Gasteiger partial charge in [0.1, 0.15) is 0 Å². The summed E-state index contributed by atoms with van der Waals surface area (Å²) in [5, 5.41) is 2.92. The summed E-state index contributed by atoms with van der Waals surface area (Å²) >= 11 is 0. The highest BCUT2D eigenvalue weighted by atomic mass is 16.2. The Labute approximate surface area is 97.4 Å². The van der Waals surface area contributed by atoms with Crippen molar-refractivity contribution < 1.29 is 9.59 Å². The van der Waals surface area contributed by atoms with Gasteiger partial charge in [0.15, 0.2) is 0 Å². The maximum atomic E-state index is 11.6. The monoisotopic (exact) mass is 226 g/mol. The van der Waals surface area contributed by atoms with Crippen LogP contribution in [0.4, 0.5) is 0 Å². The molecular weight excluding hydrogens is 204 g/mol. The minimum Gasteiger partial charge on any atom is -0.356 e. The standard InChI is InChI=1S/C12H22N2O2/c1-9(2)5-4-6-13-12(16)11-7-14(8-11)10(3)15/h9,11H,4-8H2,1-3H3,(H,13,16). The maximum Gasteiger partial charge on any atom is 0.226 e. The molecular formula is C12H22N2O2. The zero-order chi connectivity index (χ0) is 12.1. The summed E-state index contributed by atoms with van der Waals surface area (Å²) < 4.78 is 0.